The van der Waals surface area contributed by atoms with Gasteiger partial charge in [0.25, 0.3) is 17.5 Å². The van der Waals surface area contributed by atoms with Crippen molar-refractivity contribution in [3.8, 4) is 11.5 Å². The van der Waals surface area contributed by atoms with E-state index in [1.165, 1.54) is 37.3 Å². The predicted octanol–water partition coefficient (Wildman–Crippen LogP) is 3.20. The van der Waals surface area contributed by atoms with E-state index in [4.69, 9.17) is 21.7 Å². The SMILES string of the molecule is COc1cc(C=C2C(=O)NC(=S)N(C)C2=O)c(Br)cc1OCc1cccc([N+](=O)[O-])c1. The van der Waals surface area contributed by atoms with E-state index in [1.54, 1.807) is 24.3 Å². The Morgan fingerprint density at radius 1 is 1.26 bits per heavy atom. The molecule has 1 aliphatic rings. The minimum absolute atomic E-state index is 0.0314. The molecule has 1 heterocycles. The van der Waals surface area contributed by atoms with E-state index in [1.807, 2.05) is 0 Å². The maximum Gasteiger partial charge on any atom is 0.269 e. The summed E-state index contributed by atoms with van der Waals surface area (Å²) in [6.45, 7) is 0.0774. The van der Waals surface area contributed by atoms with E-state index in [-0.39, 0.29) is 23.0 Å². The number of non-ortho nitro benzene ring substituents is 1. The molecule has 0 aliphatic carbocycles. The lowest BCUT2D eigenvalue weighted by Crippen LogP contribution is -2.52. The molecular weight excluding hydrogens is 490 g/mol. The Bertz CT molecular complexity index is 1130. The van der Waals surface area contributed by atoms with Crippen molar-refractivity contribution < 1.29 is 24.0 Å². The second-order valence-electron chi connectivity index (χ2n) is 6.42. The zero-order valence-corrected chi connectivity index (χ0v) is 18.8. The highest BCUT2D eigenvalue weighted by molar-refractivity contribution is 9.10. The number of methoxy groups -OCH3 is 1. The molecule has 2 aromatic rings. The van der Waals surface area contributed by atoms with Gasteiger partial charge in [-0.15, -0.1) is 0 Å². The van der Waals surface area contributed by atoms with Gasteiger partial charge in [-0.25, -0.2) is 0 Å². The van der Waals surface area contributed by atoms with E-state index in [9.17, 15) is 19.7 Å². The van der Waals surface area contributed by atoms with Crippen LogP contribution in [0.15, 0.2) is 46.4 Å². The van der Waals surface area contributed by atoms with Gasteiger partial charge in [-0.3, -0.25) is 29.9 Å². The molecule has 0 saturated carbocycles. The summed E-state index contributed by atoms with van der Waals surface area (Å²) in [5, 5.41) is 13.4. The van der Waals surface area contributed by atoms with Gasteiger partial charge in [0, 0.05) is 23.7 Å². The molecule has 0 radical (unpaired) electrons. The van der Waals surface area contributed by atoms with Crippen molar-refractivity contribution >= 4 is 56.8 Å². The second-order valence-corrected chi connectivity index (χ2v) is 7.66. The normalized spacial score (nSPS) is 15.1. The highest BCUT2D eigenvalue weighted by Gasteiger charge is 2.31. The first-order valence-electron chi connectivity index (χ1n) is 8.80. The molecule has 1 aliphatic heterocycles. The number of hydrogen-bond donors (Lipinski definition) is 1. The number of rotatable bonds is 6. The minimum atomic E-state index is -0.593. The molecule has 31 heavy (non-hydrogen) atoms. The Morgan fingerprint density at radius 2 is 2.00 bits per heavy atom. The fraction of sp³-hybridized carbons (Fsp3) is 0.150. The zero-order valence-electron chi connectivity index (χ0n) is 16.4. The summed E-state index contributed by atoms with van der Waals surface area (Å²) in [5.74, 6) is -0.385. The molecule has 2 aromatic carbocycles. The van der Waals surface area contributed by atoms with Crippen LogP contribution in [0.25, 0.3) is 6.08 Å². The van der Waals surface area contributed by atoms with E-state index in [0.29, 0.717) is 27.1 Å². The molecule has 0 bridgehead atoms. The minimum Gasteiger partial charge on any atom is -0.493 e. The van der Waals surface area contributed by atoms with Crippen LogP contribution in [-0.2, 0) is 16.2 Å². The third-order valence-electron chi connectivity index (χ3n) is 4.40. The summed E-state index contributed by atoms with van der Waals surface area (Å²) in [5.41, 5.74) is 1.02. The first kappa shape index (κ1) is 22.4. The Kier molecular flexibility index (Phi) is 6.66. The molecule has 1 N–H and O–H groups in total. The monoisotopic (exact) mass is 505 g/mol. The van der Waals surface area contributed by atoms with Crippen molar-refractivity contribution in [3.05, 3.63) is 67.7 Å². The number of nitro benzene ring substituents is 1. The third-order valence-corrected chi connectivity index (χ3v) is 5.47. The van der Waals surface area contributed by atoms with Crippen molar-refractivity contribution in [2.75, 3.05) is 14.2 Å². The van der Waals surface area contributed by atoms with Crippen molar-refractivity contribution in [3.63, 3.8) is 0 Å². The summed E-state index contributed by atoms with van der Waals surface area (Å²) < 4.78 is 11.7. The number of benzene rings is 2. The van der Waals surface area contributed by atoms with Crippen LogP contribution in [-0.4, -0.2) is 40.9 Å². The fourth-order valence-corrected chi connectivity index (χ4v) is 3.37. The number of likely N-dealkylation sites (N-methyl/N-ethyl adjacent to an activating group) is 1. The average molecular weight is 506 g/mol. The first-order chi connectivity index (χ1) is 14.7. The molecular formula is C20H16BrN3O6S. The van der Waals surface area contributed by atoms with Gasteiger partial charge in [0.1, 0.15) is 12.2 Å². The lowest BCUT2D eigenvalue weighted by Gasteiger charge is -2.25. The molecule has 0 spiro atoms. The van der Waals surface area contributed by atoms with Crippen LogP contribution in [0.3, 0.4) is 0 Å². The molecule has 11 heteroatoms. The number of halogens is 1. The lowest BCUT2D eigenvalue weighted by molar-refractivity contribution is -0.384. The summed E-state index contributed by atoms with van der Waals surface area (Å²) >= 11 is 8.35. The van der Waals surface area contributed by atoms with Gasteiger partial charge in [-0.2, -0.15) is 0 Å². The van der Waals surface area contributed by atoms with Crippen molar-refractivity contribution in [1.82, 2.24) is 10.2 Å². The summed E-state index contributed by atoms with van der Waals surface area (Å²) in [6, 6.07) is 9.34. The first-order valence-corrected chi connectivity index (χ1v) is 10.00. The molecule has 0 unspecified atom stereocenters. The van der Waals surface area contributed by atoms with Gasteiger partial charge in [0.05, 0.1) is 12.0 Å². The van der Waals surface area contributed by atoms with Crippen LogP contribution in [0.5, 0.6) is 11.5 Å². The Morgan fingerprint density at radius 3 is 2.68 bits per heavy atom. The zero-order chi connectivity index (χ0) is 22.7. The largest absolute Gasteiger partial charge is 0.493 e. The number of amides is 2. The van der Waals surface area contributed by atoms with Crippen molar-refractivity contribution in [2.24, 2.45) is 0 Å². The quantitative estimate of drug-likeness (QED) is 0.211. The van der Waals surface area contributed by atoms with Gasteiger partial charge < -0.3 is 9.47 Å². The van der Waals surface area contributed by atoms with E-state index < -0.39 is 16.7 Å². The number of carbonyl (C=O) groups is 2. The number of ether oxygens (including phenoxy) is 2. The average Bonchev–Trinajstić information content (AvgIpc) is 2.74. The summed E-state index contributed by atoms with van der Waals surface area (Å²) in [7, 11) is 2.92. The Balaban J connectivity index is 1.87. The number of nitrogens with zero attached hydrogens (tertiary/aromatic N) is 2. The summed E-state index contributed by atoms with van der Waals surface area (Å²) in [4.78, 5) is 36.2. The maximum atomic E-state index is 12.4. The van der Waals surface area contributed by atoms with Gasteiger partial charge in [0.2, 0.25) is 0 Å². The standard InChI is InChI=1S/C20H16BrN3O6S/c1-23-19(26)14(18(25)22-20(23)31)7-12-8-16(29-2)17(9-15(12)21)30-10-11-4-3-5-13(6-11)24(27)28/h3-9H,10H2,1-2H3,(H,22,25,31). The molecule has 2 amide bonds. The predicted molar refractivity (Wildman–Crippen MR) is 120 cm³/mol. The van der Waals surface area contributed by atoms with E-state index in [0.717, 1.165) is 0 Å². The maximum absolute atomic E-state index is 12.4. The number of carbonyl (C=O) groups excluding carboxylic acids is 2. The highest BCUT2D eigenvalue weighted by atomic mass is 79.9. The molecule has 1 saturated heterocycles. The van der Waals surface area contributed by atoms with Gasteiger partial charge in [-0.1, -0.05) is 28.1 Å². The summed E-state index contributed by atoms with van der Waals surface area (Å²) in [6.07, 6.45) is 1.42. The molecule has 0 atom stereocenters. The third kappa shape index (κ3) is 4.89. The van der Waals surface area contributed by atoms with E-state index >= 15 is 0 Å². The van der Waals surface area contributed by atoms with Crippen LogP contribution < -0.4 is 14.8 Å². The smallest absolute Gasteiger partial charge is 0.269 e. The van der Waals surface area contributed by atoms with E-state index in [2.05, 4.69) is 21.2 Å². The fourth-order valence-electron chi connectivity index (χ4n) is 2.76. The molecule has 1 fully saturated rings. The van der Waals surface area contributed by atoms with Crippen molar-refractivity contribution in [1.29, 1.82) is 0 Å². The highest BCUT2D eigenvalue weighted by Crippen LogP contribution is 2.35. The Hall–Kier alpha value is -3.31. The molecule has 9 nitrogen and oxygen atoms in total. The molecule has 3 rings (SSSR count). The number of thiocarbonyl (C=S) groups is 1. The second kappa shape index (κ2) is 9.23. The number of nitrogens with one attached hydrogen (secondary N) is 1. The van der Waals surface area contributed by atoms with Gasteiger partial charge >= 0.3 is 0 Å². The van der Waals surface area contributed by atoms with Crippen LogP contribution in [0, 0.1) is 10.1 Å². The number of nitro groups is 1. The topological polar surface area (TPSA) is 111 Å². The number of hydrogen-bond acceptors (Lipinski definition) is 7. The van der Waals surface area contributed by atoms with Crippen molar-refractivity contribution in [2.45, 2.75) is 6.61 Å². The van der Waals surface area contributed by atoms with Crippen LogP contribution in [0.1, 0.15) is 11.1 Å². The van der Waals surface area contributed by atoms with Gasteiger partial charge in [-0.05, 0) is 41.6 Å². The van der Waals surface area contributed by atoms with Gasteiger partial charge in [0.15, 0.2) is 16.6 Å². The Labute approximate surface area is 190 Å². The molecule has 160 valence electrons. The van der Waals surface area contributed by atoms with Crippen LogP contribution in [0.4, 0.5) is 5.69 Å². The van der Waals surface area contributed by atoms with Crippen LogP contribution in [0.2, 0.25) is 0 Å². The van der Waals surface area contributed by atoms with Crippen LogP contribution >= 0.6 is 28.1 Å². The molecule has 0 aromatic heterocycles. The lowest BCUT2D eigenvalue weighted by atomic mass is 10.1.